The van der Waals surface area contributed by atoms with E-state index >= 15 is 0 Å². The highest BCUT2D eigenvalue weighted by molar-refractivity contribution is 5.67. The van der Waals surface area contributed by atoms with Gasteiger partial charge in [-0.2, -0.15) is 18.2 Å². The minimum absolute atomic E-state index is 0.225. The second-order valence-electron chi connectivity index (χ2n) is 9.67. The Morgan fingerprint density at radius 2 is 1.85 bits per heavy atom. The van der Waals surface area contributed by atoms with E-state index in [2.05, 4.69) is 20.3 Å². The van der Waals surface area contributed by atoms with E-state index in [1.807, 2.05) is 12.1 Å². The Hall–Kier alpha value is -4.06. The van der Waals surface area contributed by atoms with Gasteiger partial charge in [0.1, 0.15) is 24.3 Å². The minimum Gasteiger partial charge on any atom is -0.480 e. The van der Waals surface area contributed by atoms with E-state index in [1.165, 1.54) is 10.9 Å². The zero-order valence-electron chi connectivity index (χ0n) is 21.4. The highest BCUT2D eigenvalue weighted by Gasteiger charge is 2.35. The first kappa shape index (κ1) is 25.2. The van der Waals surface area contributed by atoms with Crippen LogP contribution in [0, 0.1) is 0 Å². The molecule has 3 aromatic heterocycles. The van der Waals surface area contributed by atoms with Crippen molar-refractivity contribution in [2.45, 2.75) is 44.5 Å². The molecular formula is C27H26F3N7O2. The standard InChI is InChI=1S/C27H26F3N7O2/c1-37-12-20(27(28,29)30)35-24(37)17-5-3-15(4-6-17)13-39-25-18-9-10-31-11-19(18)34-23(36-25)21-22(16-7-8-16)32-14-33-26(21)38-2/h3-6,12,14,16,31H,7-11,13H2,1-2H3. The summed E-state index contributed by atoms with van der Waals surface area (Å²) in [5.74, 6) is 1.97. The number of hydrogen-bond acceptors (Lipinski definition) is 8. The molecule has 12 heteroatoms. The van der Waals surface area contributed by atoms with E-state index < -0.39 is 11.9 Å². The zero-order valence-corrected chi connectivity index (χ0v) is 21.4. The third kappa shape index (κ3) is 5.03. The lowest BCUT2D eigenvalue weighted by Crippen LogP contribution is -2.26. The molecule has 0 radical (unpaired) electrons. The molecule has 6 rings (SSSR count). The monoisotopic (exact) mass is 537 g/mol. The Balaban J connectivity index is 1.28. The number of ether oxygens (including phenoxy) is 2. The first-order valence-corrected chi connectivity index (χ1v) is 12.6. The number of methoxy groups -OCH3 is 1. The van der Waals surface area contributed by atoms with Crippen LogP contribution in [0.1, 0.15) is 47.0 Å². The predicted octanol–water partition coefficient (Wildman–Crippen LogP) is 4.46. The van der Waals surface area contributed by atoms with Crippen molar-refractivity contribution in [3.8, 4) is 34.5 Å². The fourth-order valence-corrected chi connectivity index (χ4v) is 4.74. The third-order valence-corrected chi connectivity index (χ3v) is 6.88. The van der Waals surface area contributed by atoms with E-state index in [0.717, 1.165) is 54.5 Å². The van der Waals surface area contributed by atoms with E-state index in [4.69, 9.17) is 19.4 Å². The molecule has 1 aliphatic carbocycles. The van der Waals surface area contributed by atoms with Crippen molar-refractivity contribution < 1.29 is 22.6 Å². The van der Waals surface area contributed by atoms with Crippen LogP contribution in [0.4, 0.5) is 13.2 Å². The number of aryl methyl sites for hydroxylation is 1. The highest BCUT2D eigenvalue weighted by atomic mass is 19.4. The first-order chi connectivity index (χ1) is 18.8. The van der Waals surface area contributed by atoms with Gasteiger partial charge >= 0.3 is 6.18 Å². The van der Waals surface area contributed by atoms with Crippen molar-refractivity contribution in [2.24, 2.45) is 7.05 Å². The van der Waals surface area contributed by atoms with Gasteiger partial charge in [0, 0.05) is 36.8 Å². The Morgan fingerprint density at radius 3 is 2.54 bits per heavy atom. The van der Waals surface area contributed by atoms with E-state index in [0.29, 0.717) is 41.2 Å². The normalized spacial score (nSPS) is 15.2. The van der Waals surface area contributed by atoms with Gasteiger partial charge in [0.2, 0.25) is 11.8 Å². The number of benzene rings is 1. The summed E-state index contributed by atoms with van der Waals surface area (Å²) in [6, 6.07) is 7.10. The average molecular weight is 538 g/mol. The summed E-state index contributed by atoms with van der Waals surface area (Å²) >= 11 is 0. The maximum Gasteiger partial charge on any atom is 0.434 e. The maximum atomic E-state index is 13.1. The fraction of sp³-hybridized carbons (Fsp3) is 0.370. The van der Waals surface area contributed by atoms with Gasteiger partial charge in [-0.05, 0) is 31.4 Å². The second kappa shape index (κ2) is 9.92. The lowest BCUT2D eigenvalue weighted by Gasteiger charge is -2.21. The molecular weight excluding hydrogens is 511 g/mol. The van der Waals surface area contributed by atoms with Crippen LogP contribution in [0.25, 0.3) is 22.8 Å². The molecule has 2 aliphatic rings. The Morgan fingerprint density at radius 1 is 1.05 bits per heavy atom. The second-order valence-corrected chi connectivity index (χ2v) is 9.67. The molecule has 39 heavy (non-hydrogen) atoms. The Bertz CT molecular complexity index is 1520. The van der Waals surface area contributed by atoms with Crippen molar-refractivity contribution in [2.75, 3.05) is 13.7 Å². The Kier molecular flexibility index (Phi) is 6.42. The van der Waals surface area contributed by atoms with Crippen molar-refractivity contribution in [1.82, 2.24) is 34.8 Å². The van der Waals surface area contributed by atoms with Crippen molar-refractivity contribution in [1.29, 1.82) is 0 Å². The molecule has 9 nitrogen and oxygen atoms in total. The topological polar surface area (TPSA) is 99.9 Å². The molecule has 202 valence electrons. The molecule has 0 bridgehead atoms. The predicted molar refractivity (Wildman–Crippen MR) is 135 cm³/mol. The maximum absolute atomic E-state index is 13.1. The van der Waals surface area contributed by atoms with Gasteiger partial charge < -0.3 is 19.4 Å². The quantitative estimate of drug-likeness (QED) is 0.369. The molecule has 0 saturated heterocycles. The summed E-state index contributed by atoms with van der Waals surface area (Å²) < 4.78 is 52.3. The largest absolute Gasteiger partial charge is 0.480 e. The van der Waals surface area contributed by atoms with Crippen LogP contribution in [0.5, 0.6) is 11.8 Å². The highest BCUT2D eigenvalue weighted by Crippen LogP contribution is 2.45. The fourth-order valence-electron chi connectivity index (χ4n) is 4.74. The zero-order chi connectivity index (χ0) is 27.1. The Labute approximate surface area is 222 Å². The summed E-state index contributed by atoms with van der Waals surface area (Å²) in [5, 5.41) is 3.35. The number of imidazole rings is 1. The summed E-state index contributed by atoms with van der Waals surface area (Å²) in [5.41, 5.74) is 3.88. The van der Waals surface area contributed by atoms with Gasteiger partial charge in [-0.25, -0.2) is 19.9 Å². The summed E-state index contributed by atoms with van der Waals surface area (Å²) in [6.07, 6.45) is 0.820. The smallest absolute Gasteiger partial charge is 0.434 e. The van der Waals surface area contributed by atoms with Gasteiger partial charge in [0.05, 0.1) is 18.5 Å². The summed E-state index contributed by atoms with van der Waals surface area (Å²) in [4.78, 5) is 22.2. The number of alkyl halides is 3. The number of aromatic nitrogens is 6. The van der Waals surface area contributed by atoms with Crippen LogP contribution in [-0.4, -0.2) is 43.1 Å². The number of hydrogen-bond donors (Lipinski definition) is 1. The number of fused-ring (bicyclic) bond motifs is 1. The minimum atomic E-state index is -4.50. The molecule has 1 fully saturated rings. The average Bonchev–Trinajstić information content (AvgIpc) is 3.71. The van der Waals surface area contributed by atoms with Crippen LogP contribution in [0.3, 0.4) is 0 Å². The SMILES string of the molecule is COc1ncnc(C2CC2)c1-c1nc2c(c(OCc3ccc(-c4nc(C(F)(F)F)cn4C)cc3)n1)CCNC2. The van der Waals surface area contributed by atoms with Gasteiger partial charge in [-0.3, -0.25) is 0 Å². The molecule has 0 amide bonds. The molecule has 0 unspecified atom stereocenters. The number of halogens is 3. The molecule has 4 aromatic rings. The molecule has 1 aliphatic heterocycles. The third-order valence-electron chi connectivity index (χ3n) is 6.88. The van der Waals surface area contributed by atoms with Gasteiger partial charge in [0.25, 0.3) is 0 Å². The molecule has 1 aromatic carbocycles. The molecule has 0 atom stereocenters. The van der Waals surface area contributed by atoms with E-state index in [-0.39, 0.29) is 12.4 Å². The van der Waals surface area contributed by atoms with Crippen LogP contribution in [0.2, 0.25) is 0 Å². The lowest BCUT2D eigenvalue weighted by atomic mass is 10.1. The number of nitrogens with zero attached hydrogens (tertiary/aromatic N) is 6. The van der Waals surface area contributed by atoms with Crippen molar-refractivity contribution in [3.63, 3.8) is 0 Å². The molecule has 4 heterocycles. The van der Waals surface area contributed by atoms with Gasteiger partial charge in [-0.15, -0.1) is 0 Å². The molecule has 1 N–H and O–H groups in total. The van der Waals surface area contributed by atoms with Crippen molar-refractivity contribution >= 4 is 0 Å². The first-order valence-electron chi connectivity index (χ1n) is 12.6. The van der Waals surface area contributed by atoms with Crippen molar-refractivity contribution in [3.05, 3.63) is 65.0 Å². The number of rotatable bonds is 7. The van der Waals surface area contributed by atoms with Crippen LogP contribution in [-0.2, 0) is 32.8 Å². The lowest BCUT2D eigenvalue weighted by molar-refractivity contribution is -0.140. The van der Waals surface area contributed by atoms with E-state index in [9.17, 15) is 13.2 Å². The van der Waals surface area contributed by atoms with Gasteiger partial charge in [0.15, 0.2) is 11.5 Å². The molecule has 0 spiro atoms. The summed E-state index contributed by atoms with van der Waals surface area (Å²) in [7, 11) is 3.11. The van der Waals surface area contributed by atoms with Crippen LogP contribution in [0.15, 0.2) is 36.8 Å². The number of nitrogens with one attached hydrogen (secondary N) is 1. The van der Waals surface area contributed by atoms with E-state index in [1.54, 1.807) is 26.3 Å². The summed E-state index contributed by atoms with van der Waals surface area (Å²) in [6.45, 7) is 1.60. The molecule has 1 saturated carbocycles. The van der Waals surface area contributed by atoms with Crippen LogP contribution >= 0.6 is 0 Å². The van der Waals surface area contributed by atoms with Gasteiger partial charge in [-0.1, -0.05) is 24.3 Å². The van der Waals surface area contributed by atoms with Crippen LogP contribution < -0.4 is 14.8 Å².